The SMILES string of the molecule is C=COS(=O)(=O)O.N#Cc1ccc(C#N)cc1. The van der Waals surface area contributed by atoms with E-state index >= 15 is 0 Å². The monoisotopic (exact) mass is 252 g/mol. The van der Waals surface area contributed by atoms with Crippen LogP contribution in [0, 0.1) is 22.7 Å². The van der Waals surface area contributed by atoms with Crippen molar-refractivity contribution in [2.24, 2.45) is 0 Å². The Hall–Kier alpha value is -2.35. The van der Waals surface area contributed by atoms with E-state index in [1.807, 2.05) is 12.1 Å². The Kier molecular flexibility index (Phi) is 6.04. The number of hydrogen-bond acceptors (Lipinski definition) is 5. The smallest absolute Gasteiger partial charge is 0.370 e. The first kappa shape index (κ1) is 14.6. The highest BCUT2D eigenvalue weighted by Gasteiger charge is 1.96. The zero-order chi connectivity index (χ0) is 13.3. The highest BCUT2D eigenvalue weighted by molar-refractivity contribution is 7.81. The van der Waals surface area contributed by atoms with Crippen LogP contribution >= 0.6 is 0 Å². The summed E-state index contributed by atoms with van der Waals surface area (Å²) in [6.07, 6.45) is 0.620. The molecule has 17 heavy (non-hydrogen) atoms. The summed E-state index contributed by atoms with van der Waals surface area (Å²) >= 11 is 0. The molecule has 0 bridgehead atoms. The van der Waals surface area contributed by atoms with E-state index in [0.717, 1.165) is 0 Å². The average molecular weight is 252 g/mol. The molecule has 0 aliphatic rings. The zero-order valence-corrected chi connectivity index (χ0v) is 9.38. The van der Waals surface area contributed by atoms with Crippen molar-refractivity contribution in [1.82, 2.24) is 0 Å². The van der Waals surface area contributed by atoms with Gasteiger partial charge in [0.25, 0.3) is 0 Å². The molecule has 1 aromatic rings. The van der Waals surface area contributed by atoms with Crippen molar-refractivity contribution in [1.29, 1.82) is 10.5 Å². The fourth-order valence-electron chi connectivity index (χ4n) is 0.705. The topological polar surface area (TPSA) is 111 Å². The third-order valence-corrected chi connectivity index (χ3v) is 1.71. The minimum Gasteiger partial charge on any atom is -0.370 e. The molecule has 1 rings (SSSR count). The summed E-state index contributed by atoms with van der Waals surface area (Å²) in [5, 5.41) is 16.7. The molecule has 0 saturated carbocycles. The fraction of sp³-hybridized carbons (Fsp3) is 0. The summed E-state index contributed by atoms with van der Waals surface area (Å²) in [5.74, 6) is 0. The van der Waals surface area contributed by atoms with Gasteiger partial charge in [-0.25, -0.2) is 0 Å². The molecule has 0 saturated heterocycles. The van der Waals surface area contributed by atoms with Crippen LogP contribution in [0.3, 0.4) is 0 Å². The van der Waals surface area contributed by atoms with Gasteiger partial charge in [0.15, 0.2) is 0 Å². The molecule has 0 fully saturated rings. The summed E-state index contributed by atoms with van der Waals surface area (Å²) in [7, 11) is -4.29. The van der Waals surface area contributed by atoms with Crippen LogP contribution in [0.2, 0.25) is 0 Å². The van der Waals surface area contributed by atoms with Crippen molar-refractivity contribution in [3.05, 3.63) is 48.2 Å². The van der Waals surface area contributed by atoms with E-state index in [9.17, 15) is 8.42 Å². The van der Waals surface area contributed by atoms with Crippen LogP contribution in [0.15, 0.2) is 37.1 Å². The lowest BCUT2D eigenvalue weighted by Crippen LogP contribution is -1.96. The Morgan fingerprint density at radius 1 is 1.18 bits per heavy atom. The molecular formula is C10H8N2O4S. The minimum absolute atomic E-state index is 0.582. The van der Waals surface area contributed by atoms with Gasteiger partial charge >= 0.3 is 10.4 Å². The maximum atomic E-state index is 9.49. The predicted molar refractivity (Wildman–Crippen MR) is 58.7 cm³/mol. The predicted octanol–water partition coefficient (Wildman–Crippen LogP) is 1.38. The number of nitrogens with zero attached hydrogens (tertiary/aromatic N) is 2. The molecular weight excluding hydrogens is 244 g/mol. The molecule has 0 radical (unpaired) electrons. The molecule has 1 aromatic carbocycles. The second kappa shape index (κ2) is 7.01. The molecule has 88 valence electrons. The molecule has 0 aromatic heterocycles. The van der Waals surface area contributed by atoms with Crippen LogP contribution in [-0.4, -0.2) is 13.0 Å². The van der Waals surface area contributed by atoms with Crippen molar-refractivity contribution < 1.29 is 17.2 Å². The first-order valence-corrected chi connectivity index (χ1v) is 5.46. The maximum Gasteiger partial charge on any atom is 0.445 e. The summed E-state index contributed by atoms with van der Waals surface area (Å²) in [6, 6.07) is 10.4. The van der Waals surface area contributed by atoms with Crippen LogP contribution in [0.25, 0.3) is 0 Å². The van der Waals surface area contributed by atoms with E-state index in [1.165, 1.54) is 0 Å². The third-order valence-electron chi connectivity index (χ3n) is 1.33. The van der Waals surface area contributed by atoms with Gasteiger partial charge in [-0.3, -0.25) is 4.55 Å². The molecule has 0 unspecified atom stereocenters. The van der Waals surface area contributed by atoms with Crippen LogP contribution in [0.4, 0.5) is 0 Å². The summed E-state index contributed by atoms with van der Waals surface area (Å²) in [5.41, 5.74) is 1.16. The second-order valence-corrected chi connectivity index (χ2v) is 3.54. The van der Waals surface area contributed by atoms with Crippen LogP contribution in [-0.2, 0) is 14.6 Å². The van der Waals surface area contributed by atoms with E-state index in [4.69, 9.17) is 15.1 Å². The van der Waals surface area contributed by atoms with Crippen molar-refractivity contribution in [3.8, 4) is 12.1 Å². The second-order valence-electron chi connectivity index (χ2n) is 2.49. The molecule has 0 aliphatic carbocycles. The highest BCUT2D eigenvalue weighted by atomic mass is 32.3. The lowest BCUT2D eigenvalue weighted by atomic mass is 10.2. The highest BCUT2D eigenvalue weighted by Crippen LogP contribution is 2.00. The van der Waals surface area contributed by atoms with Gasteiger partial charge in [0.05, 0.1) is 23.3 Å². The number of benzene rings is 1. The van der Waals surface area contributed by atoms with Crippen molar-refractivity contribution in [2.45, 2.75) is 0 Å². The standard InChI is InChI=1S/C8H4N2.C2H4O4S/c9-5-7-1-2-8(6-10)4-3-7;1-2-6-7(3,4)5/h1-4H;2H,1H2,(H,3,4,5). The molecule has 0 amide bonds. The number of nitriles is 2. The van der Waals surface area contributed by atoms with E-state index in [1.54, 1.807) is 24.3 Å². The van der Waals surface area contributed by atoms with Gasteiger partial charge in [-0.15, -0.1) is 0 Å². The van der Waals surface area contributed by atoms with Gasteiger partial charge in [-0.1, -0.05) is 6.58 Å². The van der Waals surface area contributed by atoms with Gasteiger partial charge in [0.1, 0.15) is 6.26 Å². The van der Waals surface area contributed by atoms with E-state index in [-0.39, 0.29) is 0 Å². The van der Waals surface area contributed by atoms with E-state index in [0.29, 0.717) is 17.4 Å². The van der Waals surface area contributed by atoms with Gasteiger partial charge in [0.2, 0.25) is 0 Å². The van der Waals surface area contributed by atoms with E-state index in [2.05, 4.69) is 10.8 Å². The number of rotatable bonds is 2. The fourth-order valence-corrected chi connectivity index (χ4v) is 0.877. The molecule has 1 N–H and O–H groups in total. The Bertz CT molecular complexity index is 516. The van der Waals surface area contributed by atoms with Crippen LogP contribution in [0.1, 0.15) is 11.1 Å². The van der Waals surface area contributed by atoms with Crippen LogP contribution < -0.4 is 0 Å². The Balaban J connectivity index is 0.000000325. The van der Waals surface area contributed by atoms with E-state index < -0.39 is 10.4 Å². The van der Waals surface area contributed by atoms with Crippen molar-refractivity contribution in [3.63, 3.8) is 0 Å². The van der Waals surface area contributed by atoms with Gasteiger partial charge in [-0.2, -0.15) is 18.9 Å². The van der Waals surface area contributed by atoms with Crippen LogP contribution in [0.5, 0.6) is 0 Å². The number of hydrogen-bond donors (Lipinski definition) is 1. The lowest BCUT2D eigenvalue weighted by Gasteiger charge is -1.86. The van der Waals surface area contributed by atoms with Gasteiger partial charge < -0.3 is 4.18 Å². The molecule has 0 heterocycles. The van der Waals surface area contributed by atoms with Crippen molar-refractivity contribution >= 4 is 10.4 Å². The molecule has 0 aliphatic heterocycles. The summed E-state index contributed by atoms with van der Waals surface area (Å²) < 4.78 is 30.2. The molecule has 7 heteroatoms. The Morgan fingerprint density at radius 2 is 1.53 bits per heavy atom. The van der Waals surface area contributed by atoms with Gasteiger partial charge in [0, 0.05) is 0 Å². The largest absolute Gasteiger partial charge is 0.445 e. The molecule has 6 nitrogen and oxygen atoms in total. The molecule has 0 spiro atoms. The quantitative estimate of drug-likeness (QED) is 0.628. The van der Waals surface area contributed by atoms with Gasteiger partial charge in [-0.05, 0) is 24.3 Å². The first-order chi connectivity index (χ1) is 7.92. The molecule has 0 atom stereocenters. The van der Waals surface area contributed by atoms with Crippen molar-refractivity contribution in [2.75, 3.05) is 0 Å². The normalized spacial score (nSPS) is 8.88. The average Bonchev–Trinajstić information content (AvgIpc) is 2.28. The third kappa shape index (κ3) is 7.56. The first-order valence-electron chi connectivity index (χ1n) is 4.10. The Labute approximate surface area is 98.9 Å². The minimum atomic E-state index is -4.29. The maximum absolute atomic E-state index is 9.49. The Morgan fingerprint density at radius 3 is 1.65 bits per heavy atom. The summed E-state index contributed by atoms with van der Waals surface area (Å²) in [6.45, 7) is 2.88. The lowest BCUT2D eigenvalue weighted by molar-refractivity contribution is 0.357. The summed E-state index contributed by atoms with van der Waals surface area (Å²) in [4.78, 5) is 0. The zero-order valence-electron chi connectivity index (χ0n) is 8.57.